The fourth-order valence-electron chi connectivity index (χ4n) is 1.53. The number of hydrogen-bond donors (Lipinski definition) is 2. The number of nitrogens with one attached hydrogen (secondary N) is 1. The molecule has 0 heterocycles. The number of hydrogen-bond acceptors (Lipinski definition) is 3. The third kappa shape index (κ3) is 5.81. The first-order valence-electron chi connectivity index (χ1n) is 6.31. The number of ether oxygens (including phenoxy) is 1. The van der Waals surface area contributed by atoms with Crippen LogP contribution in [0.3, 0.4) is 0 Å². The first-order valence-corrected chi connectivity index (χ1v) is 6.31. The minimum Gasteiger partial charge on any atom is -0.478 e. The third-order valence-corrected chi connectivity index (χ3v) is 2.48. The van der Waals surface area contributed by atoms with Crippen molar-refractivity contribution in [3.63, 3.8) is 0 Å². The Morgan fingerprint density at radius 2 is 2.21 bits per heavy atom. The fraction of sp³-hybridized carbons (Fsp3) is 0.500. The van der Waals surface area contributed by atoms with E-state index in [4.69, 9.17) is 9.84 Å². The number of benzene rings is 1. The van der Waals surface area contributed by atoms with Crippen molar-refractivity contribution in [1.29, 1.82) is 0 Å². The van der Waals surface area contributed by atoms with Gasteiger partial charge in [0.2, 0.25) is 0 Å². The van der Waals surface area contributed by atoms with Gasteiger partial charge in [-0.15, -0.1) is 0 Å². The molecule has 0 amide bonds. The van der Waals surface area contributed by atoms with Crippen molar-refractivity contribution in [2.75, 3.05) is 19.8 Å². The molecule has 1 rings (SSSR count). The molecule has 1 aromatic rings. The van der Waals surface area contributed by atoms with Crippen LogP contribution in [0.15, 0.2) is 18.2 Å². The predicted octanol–water partition coefficient (Wildman–Crippen LogP) is 2.29. The van der Waals surface area contributed by atoms with Gasteiger partial charge in [0.05, 0.1) is 12.2 Å². The Hall–Kier alpha value is -1.46. The summed E-state index contributed by atoms with van der Waals surface area (Å²) in [5.74, 6) is -0.966. The Labute approximate surface area is 112 Å². The Morgan fingerprint density at radius 1 is 1.47 bits per heavy atom. The molecule has 0 saturated carbocycles. The minimum atomic E-state index is -1.05. The minimum absolute atomic E-state index is 0.0919. The summed E-state index contributed by atoms with van der Waals surface area (Å²) in [7, 11) is 0. The smallest absolute Gasteiger partial charge is 0.335 e. The summed E-state index contributed by atoms with van der Waals surface area (Å²) in [6, 6.07) is 3.78. The summed E-state index contributed by atoms with van der Waals surface area (Å²) in [6.45, 7) is 6.28. The van der Waals surface area contributed by atoms with Gasteiger partial charge in [0.15, 0.2) is 0 Å². The van der Waals surface area contributed by atoms with Gasteiger partial charge in [-0.1, -0.05) is 13.8 Å². The topological polar surface area (TPSA) is 58.6 Å². The van der Waals surface area contributed by atoms with E-state index >= 15 is 0 Å². The van der Waals surface area contributed by atoms with Crippen LogP contribution in [0.2, 0.25) is 0 Å². The van der Waals surface area contributed by atoms with Crippen LogP contribution >= 0.6 is 0 Å². The summed E-state index contributed by atoms with van der Waals surface area (Å²) < 4.78 is 18.8. The SMILES string of the molecule is CC(C)COCCNCc1cc(C(=O)O)ccc1F. The van der Waals surface area contributed by atoms with Crippen LogP contribution in [-0.2, 0) is 11.3 Å². The number of carboxylic acid groups (broad SMARTS) is 1. The summed E-state index contributed by atoms with van der Waals surface area (Å²) in [5.41, 5.74) is 0.443. The van der Waals surface area contributed by atoms with Gasteiger partial charge in [-0.2, -0.15) is 0 Å². The quantitative estimate of drug-likeness (QED) is 0.711. The van der Waals surface area contributed by atoms with Crippen molar-refractivity contribution in [1.82, 2.24) is 5.32 Å². The van der Waals surface area contributed by atoms with Crippen molar-refractivity contribution in [2.45, 2.75) is 20.4 Å². The second-order valence-electron chi connectivity index (χ2n) is 4.76. The molecule has 0 saturated heterocycles. The molecule has 5 heteroatoms. The number of aromatic carboxylic acids is 1. The van der Waals surface area contributed by atoms with E-state index in [-0.39, 0.29) is 12.1 Å². The van der Waals surface area contributed by atoms with E-state index in [9.17, 15) is 9.18 Å². The molecule has 0 fully saturated rings. The summed E-state index contributed by atoms with van der Waals surface area (Å²) in [4.78, 5) is 10.8. The Balaban J connectivity index is 2.36. The number of halogens is 1. The van der Waals surface area contributed by atoms with E-state index < -0.39 is 11.8 Å². The number of carboxylic acids is 1. The zero-order valence-electron chi connectivity index (χ0n) is 11.3. The molecular weight excluding hydrogens is 249 g/mol. The van der Waals surface area contributed by atoms with Gasteiger partial charge in [0.1, 0.15) is 5.82 Å². The van der Waals surface area contributed by atoms with E-state index in [1.165, 1.54) is 18.2 Å². The molecule has 0 aromatic heterocycles. The summed E-state index contributed by atoms with van der Waals surface area (Å²) in [6.07, 6.45) is 0. The highest BCUT2D eigenvalue weighted by atomic mass is 19.1. The van der Waals surface area contributed by atoms with Gasteiger partial charge in [0.25, 0.3) is 0 Å². The molecule has 0 unspecified atom stereocenters. The molecule has 4 nitrogen and oxygen atoms in total. The largest absolute Gasteiger partial charge is 0.478 e. The molecule has 19 heavy (non-hydrogen) atoms. The van der Waals surface area contributed by atoms with Crippen molar-refractivity contribution in [3.8, 4) is 0 Å². The average molecular weight is 269 g/mol. The van der Waals surface area contributed by atoms with E-state index in [1.807, 2.05) is 0 Å². The Kier molecular flexibility index (Phi) is 6.45. The van der Waals surface area contributed by atoms with Crippen LogP contribution in [-0.4, -0.2) is 30.8 Å². The van der Waals surface area contributed by atoms with Gasteiger partial charge in [-0.25, -0.2) is 9.18 Å². The van der Waals surface area contributed by atoms with E-state index in [0.717, 1.165) is 0 Å². The Bertz CT molecular complexity index is 421. The molecule has 0 bridgehead atoms. The lowest BCUT2D eigenvalue weighted by molar-refractivity contribution is 0.0696. The molecule has 0 radical (unpaired) electrons. The van der Waals surface area contributed by atoms with Crippen LogP contribution < -0.4 is 5.32 Å². The highest BCUT2D eigenvalue weighted by Crippen LogP contribution is 2.10. The molecule has 1 aromatic carbocycles. The maximum Gasteiger partial charge on any atom is 0.335 e. The van der Waals surface area contributed by atoms with Crippen molar-refractivity contribution < 1.29 is 19.0 Å². The zero-order valence-corrected chi connectivity index (χ0v) is 11.3. The van der Waals surface area contributed by atoms with Gasteiger partial charge in [-0.3, -0.25) is 0 Å². The molecule has 2 N–H and O–H groups in total. The molecular formula is C14H20FNO3. The zero-order chi connectivity index (χ0) is 14.3. The summed E-state index contributed by atoms with van der Waals surface area (Å²) in [5, 5.41) is 11.9. The molecule has 106 valence electrons. The molecule has 0 aliphatic carbocycles. The van der Waals surface area contributed by atoms with Gasteiger partial charge < -0.3 is 15.2 Å². The second kappa shape index (κ2) is 7.86. The third-order valence-electron chi connectivity index (χ3n) is 2.48. The highest BCUT2D eigenvalue weighted by molar-refractivity contribution is 5.87. The van der Waals surface area contributed by atoms with Crippen molar-refractivity contribution in [2.24, 2.45) is 5.92 Å². The van der Waals surface area contributed by atoms with Crippen LogP contribution in [0.4, 0.5) is 4.39 Å². The van der Waals surface area contributed by atoms with Crippen LogP contribution in [0.5, 0.6) is 0 Å². The fourth-order valence-corrected chi connectivity index (χ4v) is 1.53. The lowest BCUT2D eigenvalue weighted by Crippen LogP contribution is -2.21. The number of rotatable bonds is 8. The van der Waals surface area contributed by atoms with Gasteiger partial charge in [0, 0.05) is 25.3 Å². The highest BCUT2D eigenvalue weighted by Gasteiger charge is 2.07. The maximum absolute atomic E-state index is 13.5. The molecule has 0 spiro atoms. The first kappa shape index (κ1) is 15.6. The average Bonchev–Trinajstić information content (AvgIpc) is 2.34. The molecule has 0 aliphatic rings. The van der Waals surface area contributed by atoms with Crippen LogP contribution in [0.1, 0.15) is 29.8 Å². The second-order valence-corrected chi connectivity index (χ2v) is 4.76. The van der Waals surface area contributed by atoms with Crippen molar-refractivity contribution in [3.05, 3.63) is 35.1 Å². The monoisotopic (exact) mass is 269 g/mol. The summed E-state index contributed by atoms with van der Waals surface area (Å²) >= 11 is 0. The van der Waals surface area contributed by atoms with E-state index in [1.54, 1.807) is 0 Å². The normalized spacial score (nSPS) is 10.9. The van der Waals surface area contributed by atoms with Crippen molar-refractivity contribution >= 4 is 5.97 Å². The van der Waals surface area contributed by atoms with Crippen LogP contribution in [0, 0.1) is 11.7 Å². The predicted molar refractivity (Wildman–Crippen MR) is 70.7 cm³/mol. The lowest BCUT2D eigenvalue weighted by atomic mass is 10.1. The number of carbonyl (C=O) groups is 1. The van der Waals surface area contributed by atoms with Crippen LogP contribution in [0.25, 0.3) is 0 Å². The van der Waals surface area contributed by atoms with E-state index in [2.05, 4.69) is 19.2 Å². The molecule has 0 atom stereocenters. The lowest BCUT2D eigenvalue weighted by Gasteiger charge is -2.09. The standard InChI is InChI=1S/C14H20FNO3/c1-10(2)9-19-6-5-16-8-12-7-11(14(17)18)3-4-13(12)15/h3-4,7,10,16H,5-6,8-9H2,1-2H3,(H,17,18). The van der Waals surface area contributed by atoms with Gasteiger partial charge >= 0.3 is 5.97 Å². The Morgan fingerprint density at radius 3 is 2.84 bits per heavy atom. The molecule has 0 aliphatic heterocycles. The van der Waals surface area contributed by atoms with E-state index in [0.29, 0.717) is 31.2 Å². The maximum atomic E-state index is 13.5. The van der Waals surface area contributed by atoms with Gasteiger partial charge in [-0.05, 0) is 24.1 Å². The first-order chi connectivity index (χ1) is 9.00.